The molecule has 0 unspecified atom stereocenters. The molecule has 0 aromatic carbocycles. The van der Waals surface area contributed by atoms with Crippen LogP contribution in [-0.4, -0.2) is 64.4 Å². The minimum Gasteiger partial charge on any atom is -0.355 e. The second kappa shape index (κ2) is 11.3. The number of hydrogen-bond acceptors (Lipinski definition) is 7. The first-order valence-electron chi connectivity index (χ1n) is 11.7. The number of carbonyl (C=O) groups is 1. The number of anilines is 1. The zero-order valence-electron chi connectivity index (χ0n) is 20.0. The van der Waals surface area contributed by atoms with Gasteiger partial charge in [-0.1, -0.05) is 50.7 Å². The average Bonchev–Trinajstić information content (AvgIpc) is 3.06. The van der Waals surface area contributed by atoms with Gasteiger partial charge in [0.15, 0.2) is 0 Å². The summed E-state index contributed by atoms with van der Waals surface area (Å²) < 4.78 is 2.32. The summed E-state index contributed by atoms with van der Waals surface area (Å²) in [5.41, 5.74) is 1.31. The van der Waals surface area contributed by atoms with Crippen molar-refractivity contribution in [2.24, 2.45) is 0 Å². The molecule has 1 amide bonds. The minimum atomic E-state index is -0.245. The van der Waals surface area contributed by atoms with Crippen LogP contribution in [0, 0.1) is 18.3 Å². The van der Waals surface area contributed by atoms with Crippen LogP contribution in [0.4, 0.5) is 5.82 Å². The Morgan fingerprint density at radius 1 is 1.09 bits per heavy atom. The number of rotatable bonds is 8. The second-order valence-corrected chi connectivity index (χ2v) is 10.3. The summed E-state index contributed by atoms with van der Waals surface area (Å²) in [7, 11) is 2.09. The number of piperazine rings is 1. The molecule has 33 heavy (non-hydrogen) atoms. The fourth-order valence-corrected chi connectivity index (χ4v) is 5.46. The van der Waals surface area contributed by atoms with Crippen LogP contribution in [0.15, 0.2) is 9.70 Å². The van der Waals surface area contributed by atoms with Gasteiger partial charge in [-0.2, -0.15) is 5.26 Å². The molecular formula is C24H33N5O2S2. The molecule has 2 fully saturated rings. The van der Waals surface area contributed by atoms with E-state index < -0.39 is 0 Å². The molecule has 2 aliphatic heterocycles. The van der Waals surface area contributed by atoms with E-state index in [9.17, 15) is 14.9 Å². The van der Waals surface area contributed by atoms with Crippen LogP contribution in [0.2, 0.25) is 0 Å². The lowest BCUT2D eigenvalue weighted by Crippen LogP contribution is -2.47. The first-order chi connectivity index (χ1) is 15.8. The van der Waals surface area contributed by atoms with E-state index in [-0.39, 0.29) is 17.0 Å². The molecule has 0 aliphatic carbocycles. The number of pyridine rings is 1. The Hall–Kier alpha value is -2.15. The number of amides is 1. The van der Waals surface area contributed by atoms with Crippen molar-refractivity contribution in [2.75, 3.05) is 44.7 Å². The van der Waals surface area contributed by atoms with Gasteiger partial charge in [0, 0.05) is 44.8 Å². The molecule has 2 aliphatic rings. The summed E-state index contributed by atoms with van der Waals surface area (Å²) in [6.45, 7) is 10.5. The quantitative estimate of drug-likeness (QED) is 0.410. The van der Waals surface area contributed by atoms with Crippen LogP contribution in [-0.2, 0) is 11.3 Å². The zero-order valence-corrected chi connectivity index (χ0v) is 21.7. The summed E-state index contributed by atoms with van der Waals surface area (Å²) in [6, 6.07) is 2.12. The van der Waals surface area contributed by atoms with E-state index in [1.54, 1.807) is 9.47 Å². The van der Waals surface area contributed by atoms with E-state index in [0.717, 1.165) is 63.2 Å². The molecule has 3 heterocycles. The highest BCUT2D eigenvalue weighted by Gasteiger charge is 2.33. The molecule has 7 nitrogen and oxygen atoms in total. The average molecular weight is 488 g/mol. The molecule has 0 N–H and O–H groups in total. The normalized spacial score (nSPS) is 18.5. The van der Waals surface area contributed by atoms with Crippen molar-refractivity contribution in [3.05, 3.63) is 31.9 Å². The summed E-state index contributed by atoms with van der Waals surface area (Å²) in [5.74, 6) is 0.726. The van der Waals surface area contributed by atoms with Crippen LogP contribution in [0.5, 0.6) is 0 Å². The Balaban J connectivity index is 2.18. The first kappa shape index (κ1) is 25.5. The molecule has 0 spiro atoms. The van der Waals surface area contributed by atoms with Crippen molar-refractivity contribution in [3.8, 4) is 6.07 Å². The molecular weight excluding hydrogens is 454 g/mol. The molecule has 0 radical (unpaired) electrons. The van der Waals surface area contributed by atoms with E-state index in [4.69, 9.17) is 12.2 Å². The SMILES string of the molecule is CCCCN1C(=O)/C(=C\c2c(C)c(C#N)c(=O)n(CCCC)c2N2CCN(C)CC2)SC1=S. The predicted molar refractivity (Wildman–Crippen MR) is 140 cm³/mol. The number of unbranched alkanes of at least 4 members (excludes halogenated alkanes) is 2. The van der Waals surface area contributed by atoms with Crippen molar-refractivity contribution >= 4 is 46.1 Å². The number of thioether (sulfide) groups is 1. The monoisotopic (exact) mass is 487 g/mol. The number of carbonyl (C=O) groups excluding carboxylic acids is 1. The van der Waals surface area contributed by atoms with Crippen LogP contribution in [0.1, 0.15) is 56.2 Å². The molecule has 2 saturated heterocycles. The number of nitriles is 1. The van der Waals surface area contributed by atoms with Crippen LogP contribution < -0.4 is 10.5 Å². The number of aromatic nitrogens is 1. The van der Waals surface area contributed by atoms with Crippen molar-refractivity contribution < 1.29 is 4.79 Å². The number of likely N-dealkylation sites (N-methyl/N-ethyl adjacent to an activating group) is 1. The predicted octanol–water partition coefficient (Wildman–Crippen LogP) is 3.58. The van der Waals surface area contributed by atoms with E-state index in [0.29, 0.717) is 27.9 Å². The van der Waals surface area contributed by atoms with Gasteiger partial charge in [0.1, 0.15) is 21.8 Å². The number of nitrogens with zero attached hydrogens (tertiary/aromatic N) is 5. The summed E-state index contributed by atoms with van der Waals surface area (Å²) in [4.78, 5) is 33.2. The van der Waals surface area contributed by atoms with Gasteiger partial charge in [0.2, 0.25) is 0 Å². The third kappa shape index (κ3) is 5.34. The maximum atomic E-state index is 13.3. The van der Waals surface area contributed by atoms with Gasteiger partial charge in [-0.25, -0.2) is 0 Å². The Labute approximate surface area is 206 Å². The lowest BCUT2D eigenvalue weighted by molar-refractivity contribution is -0.122. The highest BCUT2D eigenvalue weighted by Crippen LogP contribution is 2.36. The Morgan fingerprint density at radius 3 is 2.33 bits per heavy atom. The van der Waals surface area contributed by atoms with Gasteiger partial charge in [0.05, 0.1) is 4.91 Å². The molecule has 3 rings (SSSR count). The summed E-state index contributed by atoms with van der Waals surface area (Å²) >= 11 is 6.79. The third-order valence-corrected chi connectivity index (χ3v) is 7.65. The molecule has 0 saturated carbocycles. The molecule has 9 heteroatoms. The molecule has 0 bridgehead atoms. The standard InChI is InChI=1S/C24H33N5O2S2/c1-5-7-9-28-21(27-13-11-26(4)12-14-27)18(17(3)19(16-25)22(28)30)15-20-23(31)29(10-8-6-2)24(32)33-20/h15H,5-14H2,1-4H3/b20-15+. The Bertz CT molecular complexity index is 1050. The first-order valence-corrected chi connectivity index (χ1v) is 12.9. The van der Waals surface area contributed by atoms with Crippen LogP contribution >= 0.6 is 24.0 Å². The van der Waals surface area contributed by atoms with Gasteiger partial charge < -0.3 is 9.80 Å². The lowest BCUT2D eigenvalue weighted by Gasteiger charge is -2.36. The minimum absolute atomic E-state index is 0.0907. The summed E-state index contributed by atoms with van der Waals surface area (Å²) in [6.07, 6.45) is 5.52. The maximum absolute atomic E-state index is 13.3. The van der Waals surface area contributed by atoms with Gasteiger partial charge in [-0.15, -0.1) is 0 Å². The van der Waals surface area contributed by atoms with Gasteiger partial charge >= 0.3 is 0 Å². The highest BCUT2D eigenvalue weighted by atomic mass is 32.2. The fraction of sp³-hybridized carbons (Fsp3) is 0.583. The molecule has 1 aromatic heterocycles. The Kier molecular flexibility index (Phi) is 8.74. The van der Waals surface area contributed by atoms with Crippen molar-refractivity contribution in [1.29, 1.82) is 5.26 Å². The smallest absolute Gasteiger partial charge is 0.270 e. The van der Waals surface area contributed by atoms with E-state index >= 15 is 0 Å². The van der Waals surface area contributed by atoms with Crippen molar-refractivity contribution in [1.82, 2.24) is 14.4 Å². The van der Waals surface area contributed by atoms with Gasteiger partial charge in [-0.05, 0) is 38.5 Å². The van der Waals surface area contributed by atoms with E-state index in [1.807, 2.05) is 13.0 Å². The molecule has 0 atom stereocenters. The number of thiocarbonyl (C=S) groups is 1. The topological polar surface area (TPSA) is 72.6 Å². The fourth-order valence-electron chi connectivity index (χ4n) is 4.17. The van der Waals surface area contributed by atoms with Gasteiger partial charge in [0.25, 0.3) is 11.5 Å². The van der Waals surface area contributed by atoms with Gasteiger partial charge in [-0.3, -0.25) is 19.1 Å². The van der Waals surface area contributed by atoms with Crippen LogP contribution in [0.25, 0.3) is 6.08 Å². The zero-order chi connectivity index (χ0) is 24.1. The van der Waals surface area contributed by atoms with Crippen LogP contribution in [0.3, 0.4) is 0 Å². The van der Waals surface area contributed by atoms with E-state index in [2.05, 4.69) is 36.8 Å². The summed E-state index contributed by atoms with van der Waals surface area (Å²) in [5, 5.41) is 9.80. The van der Waals surface area contributed by atoms with E-state index in [1.165, 1.54) is 11.8 Å². The highest BCUT2D eigenvalue weighted by molar-refractivity contribution is 8.26. The largest absolute Gasteiger partial charge is 0.355 e. The lowest BCUT2D eigenvalue weighted by atomic mass is 10.0. The number of hydrogen-bond donors (Lipinski definition) is 0. The third-order valence-electron chi connectivity index (χ3n) is 6.27. The molecule has 1 aromatic rings. The molecule has 178 valence electrons. The van der Waals surface area contributed by atoms with Crippen molar-refractivity contribution in [2.45, 2.75) is 53.0 Å². The second-order valence-electron chi connectivity index (χ2n) is 8.64. The maximum Gasteiger partial charge on any atom is 0.270 e. The van der Waals surface area contributed by atoms with Crippen molar-refractivity contribution in [3.63, 3.8) is 0 Å². The Morgan fingerprint density at radius 2 is 1.73 bits per heavy atom.